The van der Waals surface area contributed by atoms with E-state index in [9.17, 15) is 14.9 Å². The smallest absolute Gasteiger partial charge is 0.270 e. The third-order valence-corrected chi connectivity index (χ3v) is 7.18. The van der Waals surface area contributed by atoms with Crippen molar-refractivity contribution < 1.29 is 28.7 Å². The lowest BCUT2D eigenvalue weighted by atomic mass is 9.87. The summed E-state index contributed by atoms with van der Waals surface area (Å²) >= 11 is 6.41. The number of non-ortho nitro benzene ring substituents is 1. The van der Waals surface area contributed by atoms with Crippen molar-refractivity contribution in [2.75, 3.05) is 33.0 Å². The van der Waals surface area contributed by atoms with Crippen LogP contribution < -0.4 is 18.9 Å². The van der Waals surface area contributed by atoms with Gasteiger partial charge in [0.1, 0.15) is 0 Å². The SMILES string of the molecule is CCOc1ccc(C[C@H]2c3cc(OCC)c(OCC)cc3CCN2C(=O)c2cc([N+](=O)[O-])ccc2Cl)cc1OCC. The maximum Gasteiger partial charge on any atom is 0.270 e. The minimum absolute atomic E-state index is 0.0898. The Kier molecular flexibility index (Phi) is 9.94. The van der Waals surface area contributed by atoms with Crippen LogP contribution in [0.3, 0.4) is 0 Å². The van der Waals surface area contributed by atoms with Gasteiger partial charge in [-0.2, -0.15) is 0 Å². The van der Waals surface area contributed by atoms with E-state index in [1.807, 2.05) is 58.0 Å². The highest BCUT2D eigenvalue weighted by molar-refractivity contribution is 6.34. The lowest BCUT2D eigenvalue weighted by Crippen LogP contribution is -2.41. The van der Waals surface area contributed by atoms with Crippen LogP contribution in [0, 0.1) is 10.1 Å². The Labute approximate surface area is 245 Å². The molecule has 0 bridgehead atoms. The van der Waals surface area contributed by atoms with E-state index in [1.54, 1.807) is 4.90 Å². The van der Waals surface area contributed by atoms with Gasteiger partial charge in [-0.3, -0.25) is 14.9 Å². The lowest BCUT2D eigenvalue weighted by Gasteiger charge is -2.38. The highest BCUT2D eigenvalue weighted by atomic mass is 35.5. The number of hydrogen-bond donors (Lipinski definition) is 0. The van der Waals surface area contributed by atoms with E-state index in [-0.39, 0.29) is 22.2 Å². The predicted molar refractivity (Wildman–Crippen MR) is 157 cm³/mol. The predicted octanol–water partition coefficient (Wildman–Crippen LogP) is 6.83. The van der Waals surface area contributed by atoms with Crippen LogP contribution in [0.25, 0.3) is 0 Å². The van der Waals surface area contributed by atoms with Crippen LogP contribution in [0.2, 0.25) is 5.02 Å². The molecule has 0 saturated heterocycles. The summed E-state index contributed by atoms with van der Waals surface area (Å²) in [6, 6.07) is 13.2. The van der Waals surface area contributed by atoms with Crippen LogP contribution in [0.4, 0.5) is 5.69 Å². The molecule has 0 aromatic heterocycles. The Morgan fingerprint density at radius 1 is 0.878 bits per heavy atom. The molecule has 4 rings (SSSR count). The molecule has 1 amide bonds. The van der Waals surface area contributed by atoms with E-state index in [0.29, 0.717) is 68.8 Å². The quantitative estimate of drug-likeness (QED) is 0.170. The fraction of sp³-hybridized carbons (Fsp3) is 0.387. The van der Waals surface area contributed by atoms with Crippen LogP contribution in [0.15, 0.2) is 48.5 Å². The molecule has 41 heavy (non-hydrogen) atoms. The van der Waals surface area contributed by atoms with E-state index in [1.165, 1.54) is 18.2 Å². The van der Waals surface area contributed by atoms with Gasteiger partial charge >= 0.3 is 0 Å². The summed E-state index contributed by atoms with van der Waals surface area (Å²) in [6.07, 6.45) is 1.03. The highest BCUT2D eigenvalue weighted by Gasteiger charge is 2.34. The second-order valence-electron chi connectivity index (χ2n) is 9.40. The summed E-state index contributed by atoms with van der Waals surface area (Å²) in [7, 11) is 0. The zero-order valence-electron chi connectivity index (χ0n) is 23.8. The molecule has 218 valence electrons. The summed E-state index contributed by atoms with van der Waals surface area (Å²) in [5, 5.41) is 11.6. The van der Waals surface area contributed by atoms with Gasteiger partial charge in [0.25, 0.3) is 11.6 Å². The molecule has 0 radical (unpaired) electrons. The molecule has 10 heteroatoms. The molecule has 9 nitrogen and oxygen atoms in total. The largest absolute Gasteiger partial charge is 0.490 e. The number of hydrogen-bond acceptors (Lipinski definition) is 7. The summed E-state index contributed by atoms with van der Waals surface area (Å²) in [5.41, 5.74) is 2.80. The molecular weight excluding hydrogens is 548 g/mol. The molecule has 0 N–H and O–H groups in total. The number of nitrogens with zero attached hydrogens (tertiary/aromatic N) is 2. The van der Waals surface area contributed by atoms with Gasteiger partial charge in [-0.25, -0.2) is 0 Å². The zero-order chi connectivity index (χ0) is 29.5. The number of halogens is 1. The first-order chi connectivity index (χ1) is 19.8. The Morgan fingerprint density at radius 2 is 1.49 bits per heavy atom. The van der Waals surface area contributed by atoms with Crippen molar-refractivity contribution in [3.63, 3.8) is 0 Å². The van der Waals surface area contributed by atoms with E-state index in [4.69, 9.17) is 30.5 Å². The molecule has 0 saturated carbocycles. The molecule has 1 aliphatic rings. The minimum Gasteiger partial charge on any atom is -0.490 e. The molecule has 0 fully saturated rings. The van der Waals surface area contributed by atoms with Crippen LogP contribution >= 0.6 is 11.6 Å². The van der Waals surface area contributed by atoms with Crippen molar-refractivity contribution >= 4 is 23.2 Å². The monoisotopic (exact) mass is 582 g/mol. The molecule has 1 heterocycles. The third-order valence-electron chi connectivity index (χ3n) is 6.85. The normalized spacial score (nSPS) is 14.3. The Morgan fingerprint density at radius 3 is 2.12 bits per heavy atom. The number of rotatable bonds is 12. The number of amides is 1. The summed E-state index contributed by atoms with van der Waals surface area (Å²) in [4.78, 5) is 26.7. The molecule has 0 spiro atoms. The first-order valence-corrected chi connectivity index (χ1v) is 14.2. The van der Waals surface area contributed by atoms with E-state index in [0.717, 1.165) is 16.7 Å². The van der Waals surface area contributed by atoms with Gasteiger partial charge < -0.3 is 23.8 Å². The van der Waals surface area contributed by atoms with Gasteiger partial charge in [0.15, 0.2) is 23.0 Å². The van der Waals surface area contributed by atoms with Crippen molar-refractivity contribution in [1.82, 2.24) is 4.90 Å². The van der Waals surface area contributed by atoms with E-state index < -0.39 is 11.0 Å². The molecule has 3 aromatic rings. The van der Waals surface area contributed by atoms with Crippen molar-refractivity contribution in [2.24, 2.45) is 0 Å². The second-order valence-corrected chi connectivity index (χ2v) is 9.81. The van der Waals surface area contributed by atoms with E-state index >= 15 is 0 Å². The molecular formula is C31H35ClN2O7. The molecule has 3 aromatic carbocycles. The van der Waals surface area contributed by atoms with Crippen molar-refractivity contribution in [2.45, 2.75) is 46.6 Å². The van der Waals surface area contributed by atoms with Crippen LogP contribution in [0.1, 0.15) is 60.8 Å². The average molecular weight is 583 g/mol. The molecule has 0 unspecified atom stereocenters. The average Bonchev–Trinajstić information content (AvgIpc) is 2.95. The number of fused-ring (bicyclic) bond motifs is 1. The molecule has 1 atom stereocenters. The van der Waals surface area contributed by atoms with Crippen molar-refractivity contribution in [3.05, 3.63) is 85.9 Å². The van der Waals surface area contributed by atoms with Gasteiger partial charge in [0.2, 0.25) is 0 Å². The second kappa shape index (κ2) is 13.6. The topological polar surface area (TPSA) is 100 Å². The molecule has 0 aliphatic carbocycles. The van der Waals surface area contributed by atoms with Gasteiger partial charge in [0, 0.05) is 18.7 Å². The van der Waals surface area contributed by atoms with Gasteiger partial charge in [-0.05, 0) is 87.6 Å². The maximum absolute atomic E-state index is 14.0. The van der Waals surface area contributed by atoms with E-state index in [2.05, 4.69) is 0 Å². The number of benzene rings is 3. The van der Waals surface area contributed by atoms with Gasteiger partial charge in [-0.1, -0.05) is 17.7 Å². The maximum atomic E-state index is 14.0. The third kappa shape index (κ3) is 6.68. The first-order valence-electron chi connectivity index (χ1n) is 13.9. The van der Waals surface area contributed by atoms with Gasteiger partial charge in [0.05, 0.1) is 48.0 Å². The summed E-state index contributed by atoms with van der Waals surface area (Å²) in [5.74, 6) is 2.16. The Balaban J connectivity index is 1.82. The van der Waals surface area contributed by atoms with Crippen molar-refractivity contribution in [1.29, 1.82) is 0 Å². The summed E-state index contributed by atoms with van der Waals surface area (Å²) < 4.78 is 23.4. The fourth-order valence-electron chi connectivity index (χ4n) is 5.10. The molecule has 1 aliphatic heterocycles. The van der Waals surface area contributed by atoms with Crippen molar-refractivity contribution in [3.8, 4) is 23.0 Å². The first kappa shape index (κ1) is 30.0. The Bertz CT molecular complexity index is 1410. The standard InChI is InChI=1S/C31H35ClN2O7/c1-5-38-27-12-9-20(16-28(27)39-6-2)15-26-23-19-30(41-8-4)29(40-7-3)17-21(23)13-14-33(26)31(35)24-18-22(34(36)37)10-11-25(24)32/h9-12,16-19,26H,5-8,13-15H2,1-4H3/t26-/m0/s1. The number of nitro benzene ring substituents is 1. The summed E-state index contributed by atoms with van der Waals surface area (Å²) in [6.45, 7) is 9.96. The van der Waals surface area contributed by atoms with Gasteiger partial charge in [-0.15, -0.1) is 0 Å². The van der Waals surface area contributed by atoms with Crippen LogP contribution in [-0.2, 0) is 12.8 Å². The highest BCUT2D eigenvalue weighted by Crippen LogP contribution is 2.42. The minimum atomic E-state index is -0.533. The lowest BCUT2D eigenvalue weighted by molar-refractivity contribution is -0.384. The number of carbonyl (C=O) groups is 1. The Hall–Kier alpha value is -3.98. The number of carbonyl (C=O) groups excluding carboxylic acids is 1. The van der Waals surface area contributed by atoms with Crippen LogP contribution in [0.5, 0.6) is 23.0 Å². The van der Waals surface area contributed by atoms with Crippen LogP contribution in [-0.4, -0.2) is 48.7 Å². The fourth-order valence-corrected chi connectivity index (χ4v) is 5.30. The number of ether oxygens (including phenoxy) is 4. The zero-order valence-corrected chi connectivity index (χ0v) is 24.5. The number of nitro groups is 1.